The smallest absolute Gasteiger partial charge is 0.0663 e. The van der Waals surface area contributed by atoms with Gasteiger partial charge in [0, 0.05) is 19.8 Å². The fourth-order valence-electron chi connectivity index (χ4n) is 2.78. The van der Waals surface area contributed by atoms with E-state index in [0.717, 1.165) is 51.7 Å². The van der Waals surface area contributed by atoms with Crippen molar-refractivity contribution in [1.82, 2.24) is 14.7 Å². The highest BCUT2D eigenvalue weighted by molar-refractivity contribution is 5.05. The van der Waals surface area contributed by atoms with Gasteiger partial charge in [0.05, 0.1) is 11.8 Å². The first-order valence-corrected chi connectivity index (χ1v) is 7.03. The van der Waals surface area contributed by atoms with Crippen molar-refractivity contribution in [2.45, 2.75) is 44.6 Å². The Morgan fingerprint density at radius 3 is 2.89 bits per heavy atom. The van der Waals surface area contributed by atoms with E-state index in [0.29, 0.717) is 0 Å². The third-order valence-electron chi connectivity index (χ3n) is 4.09. The highest BCUT2D eigenvalue weighted by Gasteiger charge is 2.29. The summed E-state index contributed by atoms with van der Waals surface area (Å²) in [5, 5.41) is 14.9. The average molecular weight is 251 g/mol. The van der Waals surface area contributed by atoms with Crippen LogP contribution in [0.25, 0.3) is 0 Å². The molecule has 4 nitrogen and oxygen atoms in total. The van der Waals surface area contributed by atoms with Gasteiger partial charge in [-0.3, -0.25) is 4.68 Å². The van der Waals surface area contributed by atoms with Gasteiger partial charge in [-0.1, -0.05) is 6.92 Å². The lowest BCUT2D eigenvalue weighted by molar-refractivity contribution is 0.0174. The molecule has 0 bridgehead atoms. The van der Waals surface area contributed by atoms with E-state index in [9.17, 15) is 5.11 Å². The highest BCUT2D eigenvalue weighted by atomic mass is 16.3. The number of hydrogen-bond donors (Lipinski definition) is 1. The van der Waals surface area contributed by atoms with Crippen LogP contribution in [0.4, 0.5) is 0 Å². The molecule has 1 aliphatic rings. The molecular formula is C14H25N3O. The van der Waals surface area contributed by atoms with E-state index in [2.05, 4.69) is 16.9 Å². The van der Waals surface area contributed by atoms with Crippen LogP contribution in [0.15, 0.2) is 12.4 Å². The van der Waals surface area contributed by atoms with Crippen LogP contribution in [0.3, 0.4) is 0 Å². The Balaban J connectivity index is 1.87. The second kappa shape index (κ2) is 5.85. The molecule has 0 saturated carbocycles. The van der Waals surface area contributed by atoms with Crippen LogP contribution in [0.1, 0.15) is 38.2 Å². The molecule has 1 unspecified atom stereocenters. The molecule has 0 amide bonds. The molecule has 2 heterocycles. The zero-order valence-corrected chi connectivity index (χ0v) is 11.6. The van der Waals surface area contributed by atoms with Crippen LogP contribution in [0.5, 0.6) is 0 Å². The Kier molecular flexibility index (Phi) is 4.40. The van der Waals surface area contributed by atoms with E-state index in [1.165, 1.54) is 5.56 Å². The summed E-state index contributed by atoms with van der Waals surface area (Å²) in [5.41, 5.74) is 0.752. The Labute approximate surface area is 110 Å². The van der Waals surface area contributed by atoms with Crippen molar-refractivity contribution in [3.8, 4) is 0 Å². The largest absolute Gasteiger partial charge is 0.390 e. The Bertz CT molecular complexity index is 377. The standard InChI is InChI=1S/C14H25N3O/c1-3-17-9-4-6-14(18,8-10-17)7-5-13-11-15-16(2)12-13/h11-12,18H,3-10H2,1-2H3. The van der Waals surface area contributed by atoms with Gasteiger partial charge in [-0.2, -0.15) is 5.10 Å². The van der Waals surface area contributed by atoms with Gasteiger partial charge in [-0.05, 0) is 50.8 Å². The normalized spacial score (nSPS) is 26.2. The molecule has 1 N–H and O–H groups in total. The van der Waals surface area contributed by atoms with Crippen molar-refractivity contribution in [2.75, 3.05) is 19.6 Å². The lowest BCUT2D eigenvalue weighted by Crippen LogP contribution is -2.31. The summed E-state index contributed by atoms with van der Waals surface area (Å²) in [5.74, 6) is 0. The maximum Gasteiger partial charge on any atom is 0.0663 e. The third kappa shape index (κ3) is 3.56. The molecule has 0 aromatic carbocycles. The van der Waals surface area contributed by atoms with Crippen molar-refractivity contribution in [3.05, 3.63) is 18.0 Å². The highest BCUT2D eigenvalue weighted by Crippen LogP contribution is 2.27. The summed E-state index contributed by atoms with van der Waals surface area (Å²) in [6.45, 7) is 5.45. The Hall–Kier alpha value is -0.870. The molecule has 1 aliphatic heterocycles. The second-order valence-corrected chi connectivity index (χ2v) is 5.53. The summed E-state index contributed by atoms with van der Waals surface area (Å²) in [6.07, 6.45) is 8.67. The molecule has 1 aromatic rings. The molecule has 0 spiro atoms. The second-order valence-electron chi connectivity index (χ2n) is 5.53. The molecule has 2 rings (SSSR count). The minimum absolute atomic E-state index is 0.472. The number of hydrogen-bond acceptors (Lipinski definition) is 3. The van der Waals surface area contributed by atoms with Crippen LogP contribution in [0.2, 0.25) is 0 Å². The predicted octanol–water partition coefficient (Wildman–Crippen LogP) is 1.59. The van der Waals surface area contributed by atoms with E-state index < -0.39 is 5.60 Å². The molecule has 1 fully saturated rings. The van der Waals surface area contributed by atoms with Crippen LogP contribution < -0.4 is 0 Å². The third-order valence-corrected chi connectivity index (χ3v) is 4.09. The topological polar surface area (TPSA) is 41.3 Å². The van der Waals surface area contributed by atoms with Crippen molar-refractivity contribution in [3.63, 3.8) is 0 Å². The van der Waals surface area contributed by atoms with Gasteiger partial charge in [0.15, 0.2) is 0 Å². The van der Waals surface area contributed by atoms with E-state index in [4.69, 9.17) is 0 Å². The minimum Gasteiger partial charge on any atom is -0.390 e. The summed E-state index contributed by atoms with van der Waals surface area (Å²) >= 11 is 0. The summed E-state index contributed by atoms with van der Waals surface area (Å²) in [4.78, 5) is 2.43. The minimum atomic E-state index is -0.472. The van der Waals surface area contributed by atoms with Crippen molar-refractivity contribution >= 4 is 0 Å². The molecule has 1 aromatic heterocycles. The van der Waals surface area contributed by atoms with Crippen LogP contribution in [-0.2, 0) is 13.5 Å². The summed E-state index contributed by atoms with van der Waals surface area (Å²) in [7, 11) is 1.93. The van der Waals surface area contributed by atoms with Crippen molar-refractivity contribution < 1.29 is 5.11 Å². The molecule has 4 heteroatoms. The SMILES string of the molecule is CCN1CCCC(O)(CCc2cnn(C)c2)CC1. The van der Waals surface area contributed by atoms with E-state index in [1.807, 2.05) is 24.1 Å². The Morgan fingerprint density at radius 1 is 1.39 bits per heavy atom. The zero-order chi connectivity index (χ0) is 13.0. The predicted molar refractivity (Wildman–Crippen MR) is 72.4 cm³/mol. The zero-order valence-electron chi connectivity index (χ0n) is 11.6. The molecule has 0 aliphatic carbocycles. The van der Waals surface area contributed by atoms with Crippen LogP contribution >= 0.6 is 0 Å². The van der Waals surface area contributed by atoms with Crippen LogP contribution in [-0.4, -0.2) is 45.0 Å². The van der Waals surface area contributed by atoms with Crippen molar-refractivity contribution in [2.24, 2.45) is 7.05 Å². The monoisotopic (exact) mass is 251 g/mol. The van der Waals surface area contributed by atoms with Gasteiger partial charge in [-0.15, -0.1) is 0 Å². The lowest BCUT2D eigenvalue weighted by atomic mass is 9.89. The fraction of sp³-hybridized carbons (Fsp3) is 0.786. The maximum atomic E-state index is 10.7. The molecule has 1 saturated heterocycles. The average Bonchev–Trinajstić information content (AvgIpc) is 2.67. The number of aromatic nitrogens is 2. The van der Waals surface area contributed by atoms with Gasteiger partial charge in [-0.25, -0.2) is 0 Å². The maximum absolute atomic E-state index is 10.7. The molecule has 0 radical (unpaired) electrons. The van der Waals surface area contributed by atoms with Crippen molar-refractivity contribution in [1.29, 1.82) is 0 Å². The van der Waals surface area contributed by atoms with E-state index in [-0.39, 0.29) is 0 Å². The van der Waals surface area contributed by atoms with Gasteiger partial charge in [0.25, 0.3) is 0 Å². The molecular weight excluding hydrogens is 226 g/mol. The molecule has 18 heavy (non-hydrogen) atoms. The quantitative estimate of drug-likeness (QED) is 0.883. The molecule has 102 valence electrons. The first-order valence-electron chi connectivity index (χ1n) is 7.03. The van der Waals surface area contributed by atoms with Crippen LogP contribution in [0, 0.1) is 0 Å². The number of aryl methyl sites for hydroxylation is 2. The summed E-state index contributed by atoms with van der Waals surface area (Å²) < 4.78 is 1.82. The number of aliphatic hydroxyl groups is 1. The van der Waals surface area contributed by atoms with E-state index in [1.54, 1.807) is 0 Å². The molecule has 1 atom stereocenters. The van der Waals surface area contributed by atoms with Gasteiger partial charge >= 0.3 is 0 Å². The van der Waals surface area contributed by atoms with Gasteiger partial charge < -0.3 is 10.0 Å². The van der Waals surface area contributed by atoms with Gasteiger partial charge in [0.1, 0.15) is 0 Å². The van der Waals surface area contributed by atoms with Gasteiger partial charge in [0.2, 0.25) is 0 Å². The van der Waals surface area contributed by atoms with E-state index >= 15 is 0 Å². The Morgan fingerprint density at radius 2 is 2.22 bits per heavy atom. The fourth-order valence-corrected chi connectivity index (χ4v) is 2.78. The summed E-state index contributed by atoms with van der Waals surface area (Å²) in [6, 6.07) is 0. The number of rotatable bonds is 4. The number of nitrogens with zero attached hydrogens (tertiary/aromatic N) is 3. The first kappa shape index (κ1) is 13.6. The lowest BCUT2D eigenvalue weighted by Gasteiger charge is -2.26. The number of likely N-dealkylation sites (tertiary alicyclic amines) is 1. The first-order chi connectivity index (χ1) is 8.61.